The number of allylic oxidation sites excluding steroid dienone is 6. The molecule has 0 aliphatic rings. The molecule has 3 nitrogen and oxygen atoms in total. The second-order valence-electron chi connectivity index (χ2n) is 6.37. The molecule has 0 bridgehead atoms. The van der Waals surface area contributed by atoms with Gasteiger partial charge in [-0.15, -0.1) is 0 Å². The summed E-state index contributed by atoms with van der Waals surface area (Å²) >= 11 is 12.0. The van der Waals surface area contributed by atoms with Gasteiger partial charge >= 0.3 is 15.6 Å². The Morgan fingerprint density at radius 2 is 1.61 bits per heavy atom. The van der Waals surface area contributed by atoms with Gasteiger partial charge in [0.2, 0.25) is 0 Å². The van der Waals surface area contributed by atoms with Gasteiger partial charge in [-0.2, -0.15) is 21.6 Å². The zero-order chi connectivity index (χ0) is 23.1. The lowest BCUT2D eigenvalue weighted by molar-refractivity contribution is -0.0500. The van der Waals surface area contributed by atoms with Crippen LogP contribution < -0.4 is 4.18 Å². The SMILES string of the molecule is C\C=C/C(Cl)=C\C=C\CC(c1ccc(Cl)cc1)c1ccc(OS(=O)(=O)C(F)(F)F)cc1. The van der Waals surface area contributed by atoms with Crippen molar-refractivity contribution in [3.05, 3.63) is 100 Å². The van der Waals surface area contributed by atoms with Crippen LogP contribution in [0.2, 0.25) is 5.02 Å². The molecule has 0 heterocycles. The molecule has 2 rings (SSSR count). The Hall–Kier alpha value is -2.22. The topological polar surface area (TPSA) is 43.4 Å². The molecule has 0 saturated heterocycles. The zero-order valence-electron chi connectivity index (χ0n) is 16.3. The number of benzene rings is 2. The van der Waals surface area contributed by atoms with Gasteiger partial charge in [0.05, 0.1) is 0 Å². The lowest BCUT2D eigenvalue weighted by Crippen LogP contribution is -2.28. The van der Waals surface area contributed by atoms with Crippen LogP contribution in [-0.4, -0.2) is 13.9 Å². The fourth-order valence-electron chi connectivity index (χ4n) is 2.68. The van der Waals surface area contributed by atoms with E-state index < -0.39 is 21.4 Å². The molecular weight excluding hydrogens is 472 g/mol. The first-order chi connectivity index (χ1) is 14.5. The monoisotopic (exact) mass is 490 g/mol. The molecule has 0 amide bonds. The highest BCUT2D eigenvalue weighted by Gasteiger charge is 2.48. The van der Waals surface area contributed by atoms with Gasteiger partial charge in [-0.25, -0.2) is 0 Å². The highest BCUT2D eigenvalue weighted by molar-refractivity contribution is 7.88. The van der Waals surface area contributed by atoms with Crippen LogP contribution >= 0.6 is 23.2 Å². The van der Waals surface area contributed by atoms with Gasteiger partial charge < -0.3 is 4.18 Å². The first-order valence-corrected chi connectivity index (χ1v) is 11.2. The first-order valence-electron chi connectivity index (χ1n) is 9.04. The van der Waals surface area contributed by atoms with Crippen molar-refractivity contribution in [2.75, 3.05) is 0 Å². The number of hydrogen-bond acceptors (Lipinski definition) is 3. The van der Waals surface area contributed by atoms with Gasteiger partial charge in [-0.05, 0) is 60.9 Å². The Morgan fingerprint density at radius 1 is 1.06 bits per heavy atom. The second-order valence-corrected chi connectivity index (χ2v) is 8.78. The molecule has 31 heavy (non-hydrogen) atoms. The maximum Gasteiger partial charge on any atom is 0.534 e. The molecule has 0 fully saturated rings. The molecule has 0 aromatic heterocycles. The zero-order valence-corrected chi connectivity index (χ0v) is 18.6. The van der Waals surface area contributed by atoms with Gasteiger partial charge in [-0.3, -0.25) is 0 Å². The molecule has 9 heteroatoms. The van der Waals surface area contributed by atoms with Crippen LogP contribution in [0.4, 0.5) is 13.2 Å². The molecule has 0 radical (unpaired) electrons. The summed E-state index contributed by atoms with van der Waals surface area (Å²) in [4.78, 5) is 0. The van der Waals surface area contributed by atoms with Gasteiger partial charge in [0.25, 0.3) is 0 Å². The Balaban J connectivity index is 2.28. The maximum atomic E-state index is 12.5. The predicted molar refractivity (Wildman–Crippen MR) is 118 cm³/mol. The van der Waals surface area contributed by atoms with Crippen LogP contribution in [0, 0.1) is 0 Å². The Kier molecular flexibility index (Phi) is 8.79. The van der Waals surface area contributed by atoms with E-state index in [2.05, 4.69) is 4.18 Å². The lowest BCUT2D eigenvalue weighted by atomic mass is 9.88. The Morgan fingerprint density at radius 3 is 2.13 bits per heavy atom. The van der Waals surface area contributed by atoms with Crippen molar-refractivity contribution in [1.29, 1.82) is 0 Å². The molecule has 0 spiro atoms. The predicted octanol–water partition coefficient (Wildman–Crippen LogP) is 7.35. The molecule has 2 aromatic carbocycles. The van der Waals surface area contributed by atoms with Crippen molar-refractivity contribution in [3.63, 3.8) is 0 Å². The number of alkyl halides is 3. The third-order valence-electron chi connectivity index (χ3n) is 4.13. The normalized spacial score (nSPS) is 14.3. The molecule has 1 unspecified atom stereocenters. The van der Waals surface area contributed by atoms with Crippen molar-refractivity contribution in [1.82, 2.24) is 0 Å². The maximum absolute atomic E-state index is 12.5. The van der Waals surface area contributed by atoms with Crippen molar-refractivity contribution in [2.24, 2.45) is 0 Å². The largest absolute Gasteiger partial charge is 0.534 e. The van der Waals surface area contributed by atoms with Crippen molar-refractivity contribution in [3.8, 4) is 5.75 Å². The van der Waals surface area contributed by atoms with Crippen LogP contribution in [0.5, 0.6) is 5.75 Å². The summed E-state index contributed by atoms with van der Waals surface area (Å²) in [5.74, 6) is -0.580. The minimum Gasteiger partial charge on any atom is -0.376 e. The summed E-state index contributed by atoms with van der Waals surface area (Å²) in [7, 11) is -5.72. The van der Waals surface area contributed by atoms with Gasteiger partial charge in [0.15, 0.2) is 0 Å². The third-order valence-corrected chi connectivity index (χ3v) is 5.62. The smallest absolute Gasteiger partial charge is 0.376 e. The second kappa shape index (κ2) is 10.9. The summed E-state index contributed by atoms with van der Waals surface area (Å²) in [6.45, 7) is 1.85. The summed E-state index contributed by atoms with van der Waals surface area (Å²) in [5, 5.41) is 1.13. The highest BCUT2D eigenvalue weighted by Crippen LogP contribution is 2.32. The average Bonchev–Trinajstić information content (AvgIpc) is 2.69. The molecular formula is C22H19Cl2F3O3S. The van der Waals surface area contributed by atoms with E-state index in [0.717, 1.165) is 11.1 Å². The van der Waals surface area contributed by atoms with Crippen LogP contribution in [-0.2, 0) is 10.1 Å². The molecule has 166 valence electrons. The van der Waals surface area contributed by atoms with Crippen molar-refractivity contribution < 1.29 is 25.8 Å². The Bertz CT molecular complexity index is 1060. The van der Waals surface area contributed by atoms with Gasteiger partial charge in [0.1, 0.15) is 5.75 Å². The fourth-order valence-corrected chi connectivity index (χ4v) is 3.46. The minimum atomic E-state index is -5.72. The summed E-state index contributed by atoms with van der Waals surface area (Å²) in [5.41, 5.74) is -3.81. The van der Waals surface area contributed by atoms with Crippen LogP contribution in [0.25, 0.3) is 0 Å². The summed E-state index contributed by atoms with van der Waals surface area (Å²) in [6, 6.07) is 12.6. The van der Waals surface area contributed by atoms with E-state index in [4.69, 9.17) is 23.2 Å². The fraction of sp³-hybridized carbons (Fsp3) is 0.182. The summed E-state index contributed by atoms with van der Waals surface area (Å²) < 4.78 is 64.0. The number of hydrogen-bond donors (Lipinski definition) is 0. The minimum absolute atomic E-state index is 0.157. The summed E-state index contributed by atoms with van der Waals surface area (Å²) in [6.07, 6.45) is 9.56. The van der Waals surface area contributed by atoms with Gasteiger partial charge in [-0.1, -0.05) is 65.7 Å². The highest BCUT2D eigenvalue weighted by atomic mass is 35.5. The van der Waals surface area contributed by atoms with Crippen LogP contribution in [0.3, 0.4) is 0 Å². The standard InChI is InChI=1S/C22H19Cl2F3O3S/c1-2-5-18(23)6-3-4-7-21(16-8-12-19(24)13-9-16)17-10-14-20(15-11-17)30-31(28,29)22(25,26)27/h2-6,8-15,21H,7H2,1H3/b4-3+,5-2-,18-6+. The van der Waals surface area contributed by atoms with E-state index in [1.54, 1.807) is 30.4 Å². The van der Waals surface area contributed by atoms with Gasteiger partial charge in [0, 0.05) is 16.0 Å². The van der Waals surface area contributed by atoms with Crippen LogP contribution in [0.15, 0.2) is 83.9 Å². The molecule has 0 saturated carbocycles. The molecule has 2 aromatic rings. The quantitative estimate of drug-likeness (QED) is 0.220. The third kappa shape index (κ3) is 7.45. The number of halogens is 5. The van der Waals surface area contributed by atoms with Crippen molar-refractivity contribution >= 4 is 33.3 Å². The van der Waals surface area contributed by atoms with E-state index in [9.17, 15) is 21.6 Å². The van der Waals surface area contributed by atoms with Crippen molar-refractivity contribution in [2.45, 2.75) is 24.8 Å². The van der Waals surface area contributed by atoms with E-state index in [0.29, 0.717) is 16.5 Å². The first kappa shape index (κ1) is 25.0. The van der Waals surface area contributed by atoms with Crippen LogP contribution in [0.1, 0.15) is 30.4 Å². The average molecular weight is 491 g/mol. The number of rotatable bonds is 8. The molecule has 0 N–H and O–H groups in total. The molecule has 0 aliphatic carbocycles. The van der Waals surface area contributed by atoms with E-state index >= 15 is 0 Å². The molecule has 1 atom stereocenters. The van der Waals surface area contributed by atoms with E-state index in [1.807, 2.05) is 31.2 Å². The Labute approximate surface area is 189 Å². The van der Waals surface area contributed by atoms with E-state index in [-0.39, 0.29) is 5.92 Å². The molecule has 0 aliphatic heterocycles. The lowest BCUT2D eigenvalue weighted by Gasteiger charge is -2.17. The van der Waals surface area contributed by atoms with E-state index in [1.165, 1.54) is 24.3 Å².